The van der Waals surface area contributed by atoms with E-state index in [1.165, 1.54) is 49.8 Å². The molecule has 0 heterocycles. The molecule has 0 aliphatic rings. The first kappa shape index (κ1) is 18.7. The molecule has 0 amide bonds. The van der Waals surface area contributed by atoms with Gasteiger partial charge in [-0.3, -0.25) is 5.41 Å². The van der Waals surface area contributed by atoms with Crippen molar-refractivity contribution in [1.29, 1.82) is 5.41 Å². The van der Waals surface area contributed by atoms with Crippen LogP contribution in [0.2, 0.25) is 0 Å². The molecule has 0 fully saturated rings. The number of guanidine groups is 1. The van der Waals surface area contributed by atoms with Crippen LogP contribution < -0.4 is 5.73 Å². The Morgan fingerprint density at radius 2 is 1.55 bits per heavy atom. The highest BCUT2D eigenvalue weighted by Gasteiger charge is 2.22. The van der Waals surface area contributed by atoms with Crippen molar-refractivity contribution in [3.63, 3.8) is 0 Å². The lowest BCUT2D eigenvalue weighted by molar-refractivity contribution is -0.141. The van der Waals surface area contributed by atoms with Crippen LogP contribution in [0.5, 0.6) is 0 Å². The van der Waals surface area contributed by atoms with E-state index in [-0.39, 0.29) is 5.96 Å². The van der Waals surface area contributed by atoms with E-state index in [4.69, 9.17) is 16.2 Å². The van der Waals surface area contributed by atoms with Gasteiger partial charge in [-0.1, -0.05) is 64.7 Å². The Morgan fingerprint density at radius 3 is 1.95 bits per heavy atom. The van der Waals surface area contributed by atoms with E-state index in [2.05, 4.69) is 6.92 Å². The van der Waals surface area contributed by atoms with Gasteiger partial charge in [-0.05, 0) is 6.42 Å². The van der Waals surface area contributed by atoms with E-state index in [9.17, 15) is 4.79 Å². The fourth-order valence-corrected chi connectivity index (χ4v) is 2.30. The number of likely N-dealkylation sites (N-methyl/N-ethyl adjacent to an activating group) is 1. The maximum absolute atomic E-state index is 11.1. The molecule has 0 aliphatic carbocycles. The number of nitrogens with two attached hydrogens (primary N) is 1. The Balaban J connectivity index is 3.65. The molecule has 0 spiro atoms. The first-order valence-electron chi connectivity index (χ1n) is 7.80. The number of carbonyl (C=O) groups is 1. The zero-order chi connectivity index (χ0) is 15.4. The van der Waals surface area contributed by atoms with E-state index in [1.807, 2.05) is 0 Å². The van der Waals surface area contributed by atoms with E-state index in [1.54, 1.807) is 7.05 Å². The fraction of sp³-hybridized carbons (Fsp3) is 0.867. The summed E-state index contributed by atoms with van der Waals surface area (Å²) in [7, 11) is 1.56. The van der Waals surface area contributed by atoms with Gasteiger partial charge < -0.3 is 15.7 Å². The predicted octanol–water partition coefficient (Wildman–Crippen LogP) is 3.19. The van der Waals surface area contributed by atoms with Crippen LogP contribution >= 0.6 is 0 Å². The SMILES string of the molecule is CCCCCCCCCCCC(C(=O)O)N(C)C(=N)N. The maximum atomic E-state index is 11.1. The number of aliphatic carboxylic acids is 1. The zero-order valence-electron chi connectivity index (χ0n) is 13.0. The van der Waals surface area contributed by atoms with Crippen molar-refractivity contribution in [1.82, 2.24) is 4.90 Å². The Hall–Kier alpha value is -1.26. The van der Waals surface area contributed by atoms with Crippen molar-refractivity contribution in [3.8, 4) is 0 Å². The highest BCUT2D eigenvalue weighted by Crippen LogP contribution is 2.13. The van der Waals surface area contributed by atoms with Crippen molar-refractivity contribution < 1.29 is 9.90 Å². The van der Waals surface area contributed by atoms with Gasteiger partial charge in [0.2, 0.25) is 0 Å². The summed E-state index contributed by atoms with van der Waals surface area (Å²) in [5.74, 6) is -1.09. The number of nitrogens with zero attached hydrogens (tertiary/aromatic N) is 1. The molecule has 0 radical (unpaired) electrons. The summed E-state index contributed by atoms with van der Waals surface area (Å²) >= 11 is 0. The van der Waals surface area contributed by atoms with Gasteiger partial charge in [0.15, 0.2) is 5.96 Å². The third kappa shape index (κ3) is 8.77. The number of nitrogens with one attached hydrogen (secondary N) is 1. The van der Waals surface area contributed by atoms with Gasteiger partial charge in [-0.25, -0.2) is 4.79 Å². The third-order valence-electron chi connectivity index (χ3n) is 3.71. The Labute approximate surface area is 123 Å². The van der Waals surface area contributed by atoms with Gasteiger partial charge in [-0.15, -0.1) is 0 Å². The smallest absolute Gasteiger partial charge is 0.326 e. The minimum atomic E-state index is -0.901. The standard InChI is InChI=1S/C15H31N3O2/c1-3-4-5-6-7-8-9-10-11-12-13(14(19)20)18(2)15(16)17/h13H,3-12H2,1-2H3,(H3,16,17)(H,19,20). The second kappa shape index (κ2) is 11.6. The van der Waals surface area contributed by atoms with Crippen molar-refractivity contribution >= 4 is 11.9 Å². The van der Waals surface area contributed by atoms with Crippen molar-refractivity contribution in [2.24, 2.45) is 5.73 Å². The molecule has 0 aromatic heterocycles. The van der Waals surface area contributed by atoms with Gasteiger partial charge in [0.1, 0.15) is 6.04 Å². The number of rotatable bonds is 12. The van der Waals surface area contributed by atoms with Crippen molar-refractivity contribution in [3.05, 3.63) is 0 Å². The summed E-state index contributed by atoms with van der Waals surface area (Å²) in [6.45, 7) is 2.22. The molecule has 20 heavy (non-hydrogen) atoms. The van der Waals surface area contributed by atoms with Crippen LogP contribution in [-0.4, -0.2) is 35.0 Å². The van der Waals surface area contributed by atoms with Crippen LogP contribution in [0.4, 0.5) is 0 Å². The van der Waals surface area contributed by atoms with Gasteiger partial charge in [0.25, 0.3) is 0 Å². The lowest BCUT2D eigenvalue weighted by Gasteiger charge is -2.24. The van der Waals surface area contributed by atoms with Crippen LogP contribution in [0.15, 0.2) is 0 Å². The monoisotopic (exact) mass is 285 g/mol. The van der Waals surface area contributed by atoms with Gasteiger partial charge >= 0.3 is 5.97 Å². The molecule has 1 unspecified atom stereocenters. The molecule has 0 saturated heterocycles. The predicted molar refractivity (Wildman–Crippen MR) is 82.9 cm³/mol. The summed E-state index contributed by atoms with van der Waals surface area (Å²) in [5, 5.41) is 16.4. The number of unbranched alkanes of at least 4 members (excludes halogenated alkanes) is 8. The quantitative estimate of drug-likeness (QED) is 0.292. The van der Waals surface area contributed by atoms with Crippen molar-refractivity contribution in [2.75, 3.05) is 7.05 Å². The van der Waals surface area contributed by atoms with Gasteiger partial charge in [-0.2, -0.15) is 0 Å². The van der Waals surface area contributed by atoms with E-state index in [0.29, 0.717) is 6.42 Å². The van der Waals surface area contributed by atoms with Crippen LogP contribution in [0.3, 0.4) is 0 Å². The molecule has 0 bridgehead atoms. The van der Waals surface area contributed by atoms with Gasteiger partial charge in [0.05, 0.1) is 0 Å². The number of carboxylic acids is 1. The maximum Gasteiger partial charge on any atom is 0.326 e. The summed E-state index contributed by atoms with van der Waals surface area (Å²) in [6, 6.07) is -0.669. The van der Waals surface area contributed by atoms with Crippen LogP contribution in [-0.2, 0) is 4.79 Å². The summed E-state index contributed by atoms with van der Waals surface area (Å²) < 4.78 is 0. The first-order valence-corrected chi connectivity index (χ1v) is 7.80. The normalized spacial score (nSPS) is 12.1. The molecular weight excluding hydrogens is 254 g/mol. The average Bonchev–Trinajstić information content (AvgIpc) is 2.39. The second-order valence-electron chi connectivity index (χ2n) is 5.47. The Morgan fingerprint density at radius 1 is 1.10 bits per heavy atom. The molecule has 0 rings (SSSR count). The third-order valence-corrected chi connectivity index (χ3v) is 3.71. The minimum Gasteiger partial charge on any atom is -0.480 e. The molecule has 0 saturated carbocycles. The van der Waals surface area contributed by atoms with Crippen LogP contribution in [0, 0.1) is 5.41 Å². The summed E-state index contributed by atoms with van der Waals surface area (Å²) in [4.78, 5) is 12.4. The zero-order valence-corrected chi connectivity index (χ0v) is 13.0. The molecule has 0 aliphatic heterocycles. The number of hydrogen-bond donors (Lipinski definition) is 3. The molecule has 4 N–H and O–H groups in total. The molecule has 118 valence electrons. The molecule has 0 aromatic rings. The van der Waals surface area contributed by atoms with E-state index >= 15 is 0 Å². The number of hydrogen-bond acceptors (Lipinski definition) is 2. The average molecular weight is 285 g/mol. The summed E-state index contributed by atoms with van der Waals surface area (Å²) in [5.41, 5.74) is 5.33. The second-order valence-corrected chi connectivity index (χ2v) is 5.47. The number of carboxylic acid groups (broad SMARTS) is 1. The van der Waals surface area contributed by atoms with Gasteiger partial charge in [0, 0.05) is 7.05 Å². The van der Waals surface area contributed by atoms with Crippen LogP contribution in [0.1, 0.15) is 71.1 Å². The molecule has 1 atom stereocenters. The molecule has 5 heteroatoms. The lowest BCUT2D eigenvalue weighted by Crippen LogP contribution is -2.45. The van der Waals surface area contributed by atoms with Crippen LogP contribution in [0.25, 0.3) is 0 Å². The highest BCUT2D eigenvalue weighted by molar-refractivity contribution is 5.82. The minimum absolute atomic E-state index is 0.187. The molecule has 0 aromatic carbocycles. The topological polar surface area (TPSA) is 90.4 Å². The van der Waals surface area contributed by atoms with Crippen molar-refractivity contribution in [2.45, 2.75) is 77.2 Å². The first-order chi connectivity index (χ1) is 9.50. The largest absolute Gasteiger partial charge is 0.480 e. The fourth-order valence-electron chi connectivity index (χ4n) is 2.30. The van der Waals surface area contributed by atoms with E-state index < -0.39 is 12.0 Å². The van der Waals surface area contributed by atoms with E-state index in [0.717, 1.165) is 12.8 Å². The molecule has 5 nitrogen and oxygen atoms in total. The summed E-state index contributed by atoms with van der Waals surface area (Å²) in [6.07, 6.45) is 11.5. The Kier molecular flexibility index (Phi) is 10.8. The highest BCUT2D eigenvalue weighted by atomic mass is 16.4. The lowest BCUT2D eigenvalue weighted by atomic mass is 10.0. The Bertz CT molecular complexity index is 282. The molecular formula is C15H31N3O2.